The van der Waals surface area contributed by atoms with Crippen LogP contribution < -0.4 is 9.04 Å². The van der Waals surface area contributed by atoms with Crippen LogP contribution in [0.4, 0.5) is 5.69 Å². The lowest BCUT2D eigenvalue weighted by molar-refractivity contribution is 0.146. The van der Waals surface area contributed by atoms with E-state index in [0.717, 1.165) is 47.3 Å². The lowest BCUT2D eigenvalue weighted by Gasteiger charge is -2.33. The van der Waals surface area contributed by atoms with Gasteiger partial charge in [-0.15, -0.1) is 0 Å². The predicted molar refractivity (Wildman–Crippen MR) is 157 cm³/mol. The maximum Gasteiger partial charge on any atom is 0.281 e. The van der Waals surface area contributed by atoms with Crippen molar-refractivity contribution in [2.24, 2.45) is 4.99 Å². The van der Waals surface area contributed by atoms with Crippen LogP contribution in [0.2, 0.25) is 0 Å². The first-order chi connectivity index (χ1) is 18.7. The van der Waals surface area contributed by atoms with E-state index in [-0.39, 0.29) is 9.77 Å². The predicted octanol–water partition coefficient (Wildman–Crippen LogP) is 2.73. The lowest BCUT2D eigenvalue weighted by Crippen LogP contribution is -2.45. The van der Waals surface area contributed by atoms with Gasteiger partial charge in [0.15, 0.2) is 5.03 Å². The number of H-pyrrole nitrogens is 1. The van der Waals surface area contributed by atoms with Crippen molar-refractivity contribution in [3.63, 3.8) is 0 Å². The number of ether oxygens (including phenoxy) is 2. The van der Waals surface area contributed by atoms with E-state index < -0.39 is 20.8 Å². The van der Waals surface area contributed by atoms with Crippen molar-refractivity contribution >= 4 is 54.2 Å². The number of hydrogen-bond donors (Lipinski definition) is 1. The highest BCUT2D eigenvalue weighted by atomic mass is 32.2. The average molecular weight is 592 g/mol. The molecule has 0 saturated carbocycles. The van der Waals surface area contributed by atoms with Gasteiger partial charge in [0.2, 0.25) is 0 Å². The second-order valence-electron chi connectivity index (χ2n) is 9.87. The summed E-state index contributed by atoms with van der Waals surface area (Å²) in [4.78, 5) is 14.7. The number of nitrogens with zero attached hydrogens (tertiary/aromatic N) is 4. The number of thioether (sulfide) groups is 1. The van der Waals surface area contributed by atoms with Gasteiger partial charge in [-0.3, -0.25) is 13.5 Å². The maximum absolute atomic E-state index is 13.4. The fourth-order valence-corrected chi connectivity index (χ4v) is 8.17. The van der Waals surface area contributed by atoms with Crippen molar-refractivity contribution in [3.05, 3.63) is 48.3 Å². The summed E-state index contributed by atoms with van der Waals surface area (Å²) in [6.45, 7) is 6.19. The molecule has 2 aliphatic rings. The molecule has 1 saturated heterocycles. The molecule has 1 N–H and O–H groups in total. The molecule has 39 heavy (non-hydrogen) atoms. The van der Waals surface area contributed by atoms with Gasteiger partial charge < -0.3 is 19.4 Å². The number of benzene rings is 1. The number of sulfonamides is 1. The highest BCUT2D eigenvalue weighted by Gasteiger charge is 2.36. The number of anilines is 1. The van der Waals surface area contributed by atoms with Crippen molar-refractivity contribution in [1.82, 2.24) is 14.9 Å². The monoisotopic (exact) mass is 591 g/mol. The van der Waals surface area contributed by atoms with E-state index >= 15 is 0 Å². The molecule has 2 aliphatic heterocycles. The third-order valence-corrected chi connectivity index (χ3v) is 11.1. The van der Waals surface area contributed by atoms with E-state index in [0.29, 0.717) is 36.7 Å². The van der Waals surface area contributed by atoms with Crippen molar-refractivity contribution < 1.29 is 22.1 Å². The highest BCUT2D eigenvalue weighted by molar-refractivity contribution is 8.15. The molecule has 13 heteroatoms. The molecule has 0 aliphatic carbocycles. The van der Waals surface area contributed by atoms with E-state index in [4.69, 9.17) is 14.5 Å². The number of fused-ring (bicyclic) bond motifs is 1. The normalized spacial score (nSPS) is 20.8. The Hall–Kier alpha value is -2.45. The fourth-order valence-electron chi connectivity index (χ4n) is 4.72. The average Bonchev–Trinajstić information content (AvgIpc) is 3.53. The first kappa shape index (κ1) is 28.1. The zero-order valence-electron chi connectivity index (χ0n) is 22.3. The third-order valence-electron chi connectivity index (χ3n) is 6.80. The third kappa shape index (κ3) is 6.17. The van der Waals surface area contributed by atoms with Crippen LogP contribution in [0.15, 0.2) is 52.6 Å². The highest BCUT2D eigenvalue weighted by Crippen LogP contribution is 2.39. The van der Waals surface area contributed by atoms with Gasteiger partial charge in [-0.25, -0.2) is 4.98 Å². The summed E-state index contributed by atoms with van der Waals surface area (Å²) in [5, 5.41) is 1.66. The molecule has 1 atom stereocenters. The molecular formula is C26H33N5O5S3. The lowest BCUT2D eigenvalue weighted by atomic mass is 10.1. The topological polar surface area (TPSA) is 117 Å². The molecule has 0 bridgehead atoms. The van der Waals surface area contributed by atoms with Crippen molar-refractivity contribution in [1.29, 1.82) is 0 Å². The van der Waals surface area contributed by atoms with Crippen LogP contribution >= 0.6 is 11.8 Å². The van der Waals surface area contributed by atoms with Crippen molar-refractivity contribution in [2.75, 3.05) is 69.4 Å². The van der Waals surface area contributed by atoms with Gasteiger partial charge in [-0.1, -0.05) is 17.8 Å². The smallest absolute Gasteiger partial charge is 0.281 e. The Bertz CT molecular complexity index is 1480. The molecule has 3 aromatic rings. The largest absolute Gasteiger partial charge is 0.491 e. The van der Waals surface area contributed by atoms with Gasteiger partial charge in [0, 0.05) is 73.7 Å². The van der Waals surface area contributed by atoms with Crippen molar-refractivity contribution in [2.45, 2.75) is 16.7 Å². The molecule has 0 spiro atoms. The quantitative estimate of drug-likeness (QED) is 0.358. The van der Waals surface area contributed by atoms with E-state index in [1.165, 1.54) is 23.6 Å². The van der Waals surface area contributed by atoms with E-state index in [1.54, 1.807) is 37.1 Å². The Labute approximate surface area is 235 Å². The standard InChI is InChI=1S/C26H33N5O5S3/c1-26(18-31-8-12-38(32)13-9-31)17-28-25(37-26)21-15-19-14-20(36-11-10-35-3)16-22(24(19)29-21)30(2)39(33,34)23-6-4-5-7-27-23/h4-7,14-16,29H,8-13,17-18H2,1-3H3. The van der Waals surface area contributed by atoms with Crippen LogP contribution in [0.5, 0.6) is 5.75 Å². The molecule has 0 amide bonds. The van der Waals surface area contributed by atoms with Crippen LogP contribution in [0, 0.1) is 0 Å². The SMILES string of the molecule is COCCOc1cc(N(C)S(=O)(=O)c2ccccn2)c2[nH]c(C3=NCC(C)(CN4CCS(=O)CC4)S3)cc2c1. The Morgan fingerprint density at radius 2 is 2.00 bits per heavy atom. The molecule has 10 nitrogen and oxygen atoms in total. The number of aliphatic imine (C=N–C) groups is 1. The number of methoxy groups -OCH3 is 1. The number of aromatic nitrogens is 2. The molecule has 4 heterocycles. The summed E-state index contributed by atoms with van der Waals surface area (Å²) in [5.74, 6) is 1.99. The summed E-state index contributed by atoms with van der Waals surface area (Å²) in [7, 11) is -1.50. The van der Waals surface area contributed by atoms with Gasteiger partial charge in [-0.2, -0.15) is 8.42 Å². The second-order valence-corrected chi connectivity index (χ2v) is 15.1. The summed E-state index contributed by atoms with van der Waals surface area (Å²) >= 11 is 1.73. The molecule has 1 unspecified atom stereocenters. The van der Waals surface area contributed by atoms with E-state index in [9.17, 15) is 12.6 Å². The minimum Gasteiger partial charge on any atom is -0.491 e. The number of pyridine rings is 1. The van der Waals surface area contributed by atoms with Gasteiger partial charge in [0.1, 0.15) is 17.4 Å². The van der Waals surface area contributed by atoms with Gasteiger partial charge >= 0.3 is 0 Å². The van der Waals surface area contributed by atoms with Gasteiger partial charge in [-0.05, 0) is 31.2 Å². The maximum atomic E-state index is 13.4. The van der Waals surface area contributed by atoms with Gasteiger partial charge in [0.25, 0.3) is 10.0 Å². The summed E-state index contributed by atoms with van der Waals surface area (Å²) in [5.41, 5.74) is 1.95. The Morgan fingerprint density at radius 1 is 1.21 bits per heavy atom. The minimum absolute atomic E-state index is 0.0360. The van der Waals surface area contributed by atoms with Crippen LogP contribution in [-0.4, -0.2) is 102 Å². The van der Waals surface area contributed by atoms with Gasteiger partial charge in [0.05, 0.1) is 34.8 Å². The molecule has 1 fully saturated rings. The molecule has 2 aromatic heterocycles. The number of rotatable bonds is 10. The number of aromatic amines is 1. The van der Waals surface area contributed by atoms with Crippen LogP contribution in [0.3, 0.4) is 0 Å². The number of hydrogen-bond acceptors (Lipinski definition) is 9. The summed E-state index contributed by atoms with van der Waals surface area (Å²) in [6, 6.07) is 10.4. The van der Waals surface area contributed by atoms with Crippen LogP contribution in [-0.2, 0) is 25.6 Å². The van der Waals surface area contributed by atoms with Crippen LogP contribution in [0.25, 0.3) is 10.9 Å². The summed E-state index contributed by atoms with van der Waals surface area (Å²) < 4.78 is 50.8. The Kier molecular flexibility index (Phi) is 8.34. The Balaban J connectivity index is 1.45. The molecular weight excluding hydrogens is 559 g/mol. The number of nitrogens with one attached hydrogen (secondary N) is 1. The fraction of sp³-hybridized carbons (Fsp3) is 0.462. The van der Waals surface area contributed by atoms with Crippen LogP contribution in [0.1, 0.15) is 12.6 Å². The molecule has 1 aromatic carbocycles. The van der Waals surface area contributed by atoms with E-state index in [2.05, 4.69) is 21.8 Å². The summed E-state index contributed by atoms with van der Waals surface area (Å²) in [6.07, 6.45) is 1.46. The first-order valence-corrected chi connectivity index (χ1v) is 16.4. The minimum atomic E-state index is -3.91. The Morgan fingerprint density at radius 3 is 2.72 bits per heavy atom. The molecule has 210 valence electrons. The molecule has 5 rings (SSSR count). The first-order valence-electron chi connectivity index (χ1n) is 12.7. The molecule has 0 radical (unpaired) electrons. The zero-order valence-corrected chi connectivity index (χ0v) is 24.7. The second kappa shape index (κ2) is 11.6. The van der Waals surface area contributed by atoms with Crippen molar-refractivity contribution in [3.8, 4) is 5.75 Å². The van der Waals surface area contributed by atoms with E-state index in [1.807, 2.05) is 12.1 Å². The zero-order chi connectivity index (χ0) is 27.6.